The summed E-state index contributed by atoms with van der Waals surface area (Å²) in [4.78, 5) is 12.0. The topological polar surface area (TPSA) is 59.8 Å². The van der Waals surface area contributed by atoms with Gasteiger partial charge in [0.2, 0.25) is 5.91 Å². The summed E-state index contributed by atoms with van der Waals surface area (Å²) in [5.74, 6) is 0.0695. The van der Waals surface area contributed by atoms with Crippen LogP contribution < -0.4 is 5.32 Å². The van der Waals surface area contributed by atoms with Crippen molar-refractivity contribution in [3.63, 3.8) is 0 Å². The standard InChI is InChI=1S/C14H16N4OS/c1-10(13(19)16-11-7-8-11)20-14-17-15-9-18(14)12-5-3-2-4-6-12/h2-6,9-11H,7-8H2,1H3,(H,16,19)/t10-/m0/s1. The van der Waals surface area contributed by atoms with Gasteiger partial charge in [-0.2, -0.15) is 0 Å². The molecule has 6 heteroatoms. The second-order valence-corrected chi connectivity index (χ2v) is 6.17. The lowest BCUT2D eigenvalue weighted by Gasteiger charge is -2.11. The first-order chi connectivity index (χ1) is 9.74. The Morgan fingerprint density at radius 1 is 1.40 bits per heavy atom. The third-order valence-electron chi connectivity index (χ3n) is 3.13. The fourth-order valence-electron chi connectivity index (χ4n) is 1.83. The average molecular weight is 288 g/mol. The number of para-hydroxylation sites is 1. The van der Waals surface area contributed by atoms with Crippen LogP contribution in [0.2, 0.25) is 0 Å². The summed E-state index contributed by atoms with van der Waals surface area (Å²) < 4.78 is 1.89. The molecule has 0 bridgehead atoms. The largest absolute Gasteiger partial charge is 0.352 e. The molecule has 3 rings (SSSR count). The van der Waals surface area contributed by atoms with E-state index in [2.05, 4.69) is 15.5 Å². The van der Waals surface area contributed by atoms with Crippen molar-refractivity contribution in [3.05, 3.63) is 36.7 Å². The van der Waals surface area contributed by atoms with Crippen LogP contribution in [-0.4, -0.2) is 32.0 Å². The van der Waals surface area contributed by atoms with E-state index in [0.29, 0.717) is 6.04 Å². The Morgan fingerprint density at radius 2 is 2.15 bits per heavy atom. The van der Waals surface area contributed by atoms with Crippen molar-refractivity contribution in [1.82, 2.24) is 20.1 Å². The number of hydrogen-bond acceptors (Lipinski definition) is 4. The summed E-state index contributed by atoms with van der Waals surface area (Å²) in [6, 6.07) is 10.3. The number of amides is 1. The van der Waals surface area contributed by atoms with Gasteiger partial charge < -0.3 is 5.32 Å². The molecule has 2 aromatic rings. The Morgan fingerprint density at radius 3 is 2.85 bits per heavy atom. The van der Waals surface area contributed by atoms with Gasteiger partial charge in [0.05, 0.1) is 5.25 Å². The molecule has 0 spiro atoms. The minimum atomic E-state index is -0.178. The molecule has 0 radical (unpaired) electrons. The van der Waals surface area contributed by atoms with Crippen molar-refractivity contribution in [2.75, 3.05) is 0 Å². The van der Waals surface area contributed by atoms with Crippen molar-refractivity contribution < 1.29 is 4.79 Å². The highest BCUT2D eigenvalue weighted by Gasteiger charge is 2.26. The minimum Gasteiger partial charge on any atom is -0.352 e. The molecule has 0 saturated heterocycles. The van der Waals surface area contributed by atoms with E-state index in [1.165, 1.54) is 11.8 Å². The zero-order chi connectivity index (χ0) is 13.9. The lowest BCUT2D eigenvalue weighted by atomic mass is 10.3. The van der Waals surface area contributed by atoms with E-state index in [9.17, 15) is 4.79 Å². The zero-order valence-corrected chi connectivity index (χ0v) is 12.0. The van der Waals surface area contributed by atoms with Crippen LogP contribution in [0.3, 0.4) is 0 Å². The molecule has 1 atom stereocenters. The highest BCUT2D eigenvalue weighted by molar-refractivity contribution is 8.00. The van der Waals surface area contributed by atoms with Crippen molar-refractivity contribution in [3.8, 4) is 5.69 Å². The first kappa shape index (κ1) is 13.2. The van der Waals surface area contributed by atoms with Crippen LogP contribution in [0.4, 0.5) is 0 Å². The van der Waals surface area contributed by atoms with Crippen LogP contribution in [0.5, 0.6) is 0 Å². The Bertz CT molecular complexity index is 594. The van der Waals surface area contributed by atoms with Crippen LogP contribution in [0.15, 0.2) is 41.8 Å². The molecule has 1 aliphatic rings. The maximum absolute atomic E-state index is 12.0. The Hall–Kier alpha value is -1.82. The summed E-state index contributed by atoms with van der Waals surface area (Å²) in [5, 5.41) is 11.6. The van der Waals surface area contributed by atoms with E-state index in [1.54, 1.807) is 6.33 Å². The van der Waals surface area contributed by atoms with Crippen molar-refractivity contribution in [2.24, 2.45) is 0 Å². The van der Waals surface area contributed by atoms with Crippen molar-refractivity contribution in [1.29, 1.82) is 0 Å². The van der Waals surface area contributed by atoms with Gasteiger partial charge in [0.1, 0.15) is 6.33 Å². The van der Waals surface area contributed by atoms with Gasteiger partial charge in [-0.3, -0.25) is 9.36 Å². The van der Waals surface area contributed by atoms with Gasteiger partial charge in [-0.1, -0.05) is 30.0 Å². The lowest BCUT2D eigenvalue weighted by molar-refractivity contribution is -0.120. The molecule has 1 aromatic heterocycles. The number of benzene rings is 1. The molecule has 1 fully saturated rings. The molecule has 104 valence electrons. The molecule has 1 amide bonds. The molecule has 1 N–H and O–H groups in total. The van der Waals surface area contributed by atoms with E-state index in [1.807, 2.05) is 41.8 Å². The van der Waals surface area contributed by atoms with Crippen molar-refractivity contribution >= 4 is 17.7 Å². The summed E-state index contributed by atoms with van der Waals surface area (Å²) >= 11 is 1.43. The Kier molecular flexibility index (Phi) is 3.73. The third-order valence-corrected chi connectivity index (χ3v) is 4.18. The van der Waals surface area contributed by atoms with Crippen LogP contribution in [0, 0.1) is 0 Å². The van der Waals surface area contributed by atoms with Crippen LogP contribution >= 0.6 is 11.8 Å². The molecule has 1 aromatic carbocycles. The lowest BCUT2D eigenvalue weighted by Crippen LogP contribution is -2.32. The number of thioether (sulfide) groups is 1. The molecule has 1 heterocycles. The molecular formula is C14H16N4OS. The number of aromatic nitrogens is 3. The molecule has 20 heavy (non-hydrogen) atoms. The molecule has 5 nitrogen and oxygen atoms in total. The summed E-state index contributed by atoms with van der Waals surface area (Å²) in [5.41, 5.74) is 0.995. The van der Waals surface area contributed by atoms with E-state index in [0.717, 1.165) is 23.7 Å². The molecule has 0 unspecified atom stereocenters. The highest BCUT2D eigenvalue weighted by atomic mass is 32.2. The minimum absolute atomic E-state index is 0.0695. The first-order valence-corrected chi connectivity index (χ1v) is 7.54. The first-order valence-electron chi connectivity index (χ1n) is 6.66. The van der Waals surface area contributed by atoms with Gasteiger partial charge in [-0.05, 0) is 31.9 Å². The van der Waals surface area contributed by atoms with E-state index < -0.39 is 0 Å². The van der Waals surface area contributed by atoms with Gasteiger partial charge in [0.15, 0.2) is 5.16 Å². The predicted octanol–water partition coefficient (Wildman–Crippen LogP) is 2.03. The summed E-state index contributed by atoms with van der Waals surface area (Å²) in [6.45, 7) is 1.90. The number of carbonyl (C=O) groups excluding carboxylic acids is 1. The molecular weight excluding hydrogens is 272 g/mol. The predicted molar refractivity (Wildman–Crippen MR) is 77.8 cm³/mol. The van der Waals surface area contributed by atoms with Crippen LogP contribution in [0.25, 0.3) is 5.69 Å². The Balaban J connectivity index is 1.71. The van der Waals surface area contributed by atoms with Gasteiger partial charge >= 0.3 is 0 Å². The zero-order valence-electron chi connectivity index (χ0n) is 11.2. The smallest absolute Gasteiger partial charge is 0.233 e. The highest BCUT2D eigenvalue weighted by Crippen LogP contribution is 2.25. The second kappa shape index (κ2) is 5.66. The molecule has 0 aliphatic heterocycles. The van der Waals surface area contributed by atoms with Crippen LogP contribution in [-0.2, 0) is 4.79 Å². The SMILES string of the molecule is C[C@H](Sc1nncn1-c1ccccc1)C(=O)NC1CC1. The van der Waals surface area contributed by atoms with Gasteiger partial charge in [0, 0.05) is 11.7 Å². The second-order valence-electron chi connectivity index (χ2n) is 4.86. The maximum atomic E-state index is 12.0. The van der Waals surface area contributed by atoms with Gasteiger partial charge in [0.25, 0.3) is 0 Å². The Labute approximate surface area is 121 Å². The third kappa shape index (κ3) is 3.01. The fourth-order valence-corrected chi connectivity index (χ4v) is 2.68. The number of nitrogens with one attached hydrogen (secondary N) is 1. The van der Waals surface area contributed by atoms with Gasteiger partial charge in [-0.25, -0.2) is 0 Å². The molecule has 1 aliphatic carbocycles. The normalized spacial score (nSPS) is 15.8. The van der Waals surface area contributed by atoms with Crippen molar-refractivity contribution in [2.45, 2.75) is 36.2 Å². The van der Waals surface area contributed by atoms with E-state index in [4.69, 9.17) is 0 Å². The van der Waals surface area contributed by atoms with E-state index >= 15 is 0 Å². The molecule has 1 saturated carbocycles. The van der Waals surface area contributed by atoms with Crippen LogP contribution in [0.1, 0.15) is 19.8 Å². The summed E-state index contributed by atoms with van der Waals surface area (Å²) in [6.07, 6.45) is 3.87. The number of nitrogens with zero attached hydrogens (tertiary/aromatic N) is 3. The quantitative estimate of drug-likeness (QED) is 0.855. The average Bonchev–Trinajstić information content (AvgIpc) is 3.16. The summed E-state index contributed by atoms with van der Waals surface area (Å²) in [7, 11) is 0. The number of carbonyl (C=O) groups is 1. The fraction of sp³-hybridized carbons (Fsp3) is 0.357. The van der Waals surface area contributed by atoms with E-state index in [-0.39, 0.29) is 11.2 Å². The number of rotatable bonds is 5. The monoisotopic (exact) mass is 288 g/mol. The maximum Gasteiger partial charge on any atom is 0.233 e. The van der Waals surface area contributed by atoms with Gasteiger partial charge in [-0.15, -0.1) is 10.2 Å². The number of hydrogen-bond donors (Lipinski definition) is 1.